The molecule has 7 heteroatoms. The molecule has 1 fully saturated rings. The second kappa shape index (κ2) is 11.1. The fourth-order valence-corrected chi connectivity index (χ4v) is 3.58. The lowest BCUT2D eigenvalue weighted by molar-refractivity contribution is -0.319. The summed E-state index contributed by atoms with van der Waals surface area (Å²) in [6, 6.07) is 8.10. The summed E-state index contributed by atoms with van der Waals surface area (Å²) in [5, 5.41) is 21.4. The summed E-state index contributed by atoms with van der Waals surface area (Å²) in [5.74, 6) is -6.31. The summed E-state index contributed by atoms with van der Waals surface area (Å²) >= 11 is 0. The highest BCUT2D eigenvalue weighted by atomic mass is 16.8. The zero-order valence-corrected chi connectivity index (χ0v) is 18.1. The van der Waals surface area contributed by atoms with Crippen molar-refractivity contribution >= 4 is 11.8 Å². The molecule has 1 aliphatic rings. The lowest BCUT2D eigenvalue weighted by Crippen LogP contribution is -2.64. The number of carbonyl (C=O) groups excluding carboxylic acids is 2. The van der Waals surface area contributed by atoms with Crippen LogP contribution in [-0.2, 0) is 19.1 Å². The van der Waals surface area contributed by atoms with Crippen LogP contribution in [0.2, 0.25) is 0 Å². The molecule has 0 spiro atoms. The number of rotatable bonds is 10. The van der Waals surface area contributed by atoms with E-state index in [2.05, 4.69) is 11.8 Å². The summed E-state index contributed by atoms with van der Waals surface area (Å²) < 4.78 is 15.4. The number of ether oxygens (including phenoxy) is 3. The fourth-order valence-electron chi connectivity index (χ4n) is 3.58. The average molecular weight is 430 g/mol. The lowest BCUT2D eigenvalue weighted by Gasteiger charge is -2.37. The maximum atomic E-state index is 12.4. The van der Waals surface area contributed by atoms with Crippen LogP contribution in [0.4, 0.5) is 0 Å². The molecule has 2 rings (SSSR count). The summed E-state index contributed by atoms with van der Waals surface area (Å²) in [7, 11) is 2.18. The first kappa shape index (κ1) is 24.6. The average Bonchev–Trinajstić information content (AvgIpc) is 3.12. The van der Waals surface area contributed by atoms with Gasteiger partial charge < -0.3 is 24.4 Å². The molecule has 1 unspecified atom stereocenters. The number of hydrogen-bond donors (Lipinski definition) is 2. The molecular formula is C24H30O7. The monoisotopic (exact) mass is 430 g/mol. The highest BCUT2D eigenvalue weighted by Gasteiger charge is 2.60. The first-order valence-electron chi connectivity index (χ1n) is 10.2. The van der Waals surface area contributed by atoms with Crippen LogP contribution >= 0.6 is 0 Å². The number of esters is 1. The quantitative estimate of drug-likeness (QED) is 0.255. The minimum Gasteiger partial charge on any atom is -0.464 e. The third kappa shape index (κ3) is 5.71. The summed E-state index contributed by atoms with van der Waals surface area (Å²) in [6.07, 6.45) is 9.14. The second-order valence-electron chi connectivity index (χ2n) is 7.32. The zero-order chi connectivity index (χ0) is 22.9. The Labute approximate surface area is 182 Å². The largest absolute Gasteiger partial charge is 0.464 e. The Morgan fingerprint density at radius 3 is 2.58 bits per heavy atom. The van der Waals surface area contributed by atoms with Gasteiger partial charge in [0.2, 0.25) is 0 Å². The van der Waals surface area contributed by atoms with E-state index in [0.717, 1.165) is 33.1 Å². The van der Waals surface area contributed by atoms with Gasteiger partial charge in [-0.3, -0.25) is 4.79 Å². The van der Waals surface area contributed by atoms with Crippen LogP contribution < -0.4 is 4.74 Å². The van der Waals surface area contributed by atoms with Gasteiger partial charge in [0.25, 0.3) is 5.79 Å². The topological polar surface area (TPSA) is 102 Å². The molecular weight excluding hydrogens is 400 g/mol. The van der Waals surface area contributed by atoms with E-state index in [4.69, 9.17) is 14.2 Å². The molecule has 0 saturated heterocycles. The number of Topliss-reactive ketones (excluding diaryl/α,β-unsaturated/α-hetero) is 1. The van der Waals surface area contributed by atoms with Crippen molar-refractivity contribution in [3.8, 4) is 5.75 Å². The van der Waals surface area contributed by atoms with Crippen molar-refractivity contribution in [2.75, 3.05) is 14.2 Å². The van der Waals surface area contributed by atoms with Gasteiger partial charge in [-0.25, -0.2) is 4.79 Å². The van der Waals surface area contributed by atoms with Gasteiger partial charge >= 0.3 is 11.8 Å². The molecule has 31 heavy (non-hydrogen) atoms. The van der Waals surface area contributed by atoms with Crippen LogP contribution in [0.1, 0.15) is 32.6 Å². The molecule has 3 atom stereocenters. The van der Waals surface area contributed by atoms with Crippen molar-refractivity contribution in [3.63, 3.8) is 0 Å². The Bertz CT molecular complexity index is 837. The molecule has 1 aromatic rings. The zero-order valence-electron chi connectivity index (χ0n) is 18.1. The van der Waals surface area contributed by atoms with Crippen molar-refractivity contribution in [3.05, 3.63) is 60.4 Å². The van der Waals surface area contributed by atoms with E-state index in [1.165, 1.54) is 12.1 Å². The van der Waals surface area contributed by atoms with Crippen molar-refractivity contribution in [2.24, 2.45) is 11.8 Å². The van der Waals surface area contributed by atoms with Crippen molar-refractivity contribution in [2.45, 2.75) is 44.2 Å². The van der Waals surface area contributed by atoms with Gasteiger partial charge in [0.05, 0.1) is 7.11 Å². The van der Waals surface area contributed by atoms with E-state index in [9.17, 15) is 19.8 Å². The highest BCUT2D eigenvalue weighted by molar-refractivity contribution is 5.84. The number of hydrogen-bond acceptors (Lipinski definition) is 7. The normalized spacial score (nSPS) is 20.7. The molecule has 0 radical (unpaired) electrons. The maximum Gasteiger partial charge on any atom is 0.386 e. The van der Waals surface area contributed by atoms with Crippen LogP contribution in [-0.4, -0.2) is 47.8 Å². The number of para-hydroxylation sites is 1. The van der Waals surface area contributed by atoms with E-state index in [1.807, 2.05) is 13.0 Å². The third-order valence-electron chi connectivity index (χ3n) is 5.28. The molecule has 1 aromatic carbocycles. The molecule has 0 amide bonds. The van der Waals surface area contributed by atoms with Crippen LogP contribution in [0.5, 0.6) is 5.75 Å². The number of allylic oxidation sites excluding steroid dienone is 2. The van der Waals surface area contributed by atoms with Gasteiger partial charge in [0.15, 0.2) is 0 Å². The smallest absolute Gasteiger partial charge is 0.386 e. The lowest BCUT2D eigenvalue weighted by atomic mass is 9.91. The Hall–Kier alpha value is -2.70. The number of aliphatic hydroxyl groups is 2. The van der Waals surface area contributed by atoms with Crippen molar-refractivity contribution in [1.82, 2.24) is 0 Å². The van der Waals surface area contributed by atoms with E-state index >= 15 is 0 Å². The molecule has 0 bridgehead atoms. The van der Waals surface area contributed by atoms with Crippen LogP contribution in [0.3, 0.4) is 0 Å². The van der Waals surface area contributed by atoms with Gasteiger partial charge in [-0.1, -0.05) is 37.3 Å². The summed E-state index contributed by atoms with van der Waals surface area (Å²) in [4.78, 5) is 24.6. The number of carbonyl (C=O) groups is 2. The van der Waals surface area contributed by atoms with E-state index in [1.54, 1.807) is 24.3 Å². The van der Waals surface area contributed by atoms with Gasteiger partial charge in [0, 0.05) is 25.5 Å². The van der Waals surface area contributed by atoms with Gasteiger partial charge in [-0.2, -0.15) is 0 Å². The molecule has 0 aliphatic heterocycles. The van der Waals surface area contributed by atoms with Crippen molar-refractivity contribution < 1.29 is 34.0 Å². The molecule has 0 heterocycles. The Balaban J connectivity index is 2.26. The van der Waals surface area contributed by atoms with E-state index < -0.39 is 17.5 Å². The van der Waals surface area contributed by atoms with E-state index in [-0.39, 0.29) is 23.4 Å². The van der Waals surface area contributed by atoms with E-state index in [0.29, 0.717) is 12.8 Å². The highest BCUT2D eigenvalue weighted by Crippen LogP contribution is 2.33. The standard InChI is InChI=1S/C24H30O7/c1-4-5-11-18-15-16-21(25)20(18)14-9-10-17-23(27,28)24(30-3,22(26)29-2)31-19-12-7-6-8-13-19/h5-9,11-13,17-18,20,27-28H,4,14-16H2,1-3H3/b11-5+/t10?,18-,20+,24?/m0/s1/i27+0,28+0. The molecule has 1 aliphatic carbocycles. The molecule has 1 saturated carbocycles. The van der Waals surface area contributed by atoms with Crippen LogP contribution in [0.15, 0.2) is 60.4 Å². The minimum atomic E-state index is -2.91. The Morgan fingerprint density at radius 2 is 1.97 bits per heavy atom. The Kier molecular flexibility index (Phi) is 8.77. The third-order valence-corrected chi connectivity index (χ3v) is 5.28. The molecule has 0 aromatic heterocycles. The molecule has 168 valence electrons. The number of methoxy groups -OCH3 is 2. The summed E-state index contributed by atoms with van der Waals surface area (Å²) in [6.45, 7) is 2.04. The van der Waals surface area contributed by atoms with Gasteiger partial charge in [-0.15, -0.1) is 5.73 Å². The summed E-state index contributed by atoms with van der Waals surface area (Å²) in [5.41, 5.74) is 2.66. The van der Waals surface area contributed by atoms with Crippen LogP contribution in [0, 0.1) is 11.8 Å². The number of ketones is 1. The predicted molar refractivity (Wildman–Crippen MR) is 114 cm³/mol. The fraction of sp³-hybridized carbons (Fsp3) is 0.458. The van der Waals surface area contributed by atoms with Crippen LogP contribution in [0.25, 0.3) is 0 Å². The van der Waals surface area contributed by atoms with Gasteiger partial charge in [-0.05, 0) is 43.4 Å². The maximum absolute atomic E-state index is 12.4. The SMILES string of the molecule is CC/C=C/[C@H]1CCC(=O)[C@@H]1CC=C=CC([16OH])([16OH])C(OC)(Oc1ccccc1)C(=O)OC. The second-order valence-corrected chi connectivity index (χ2v) is 7.32. The van der Waals surface area contributed by atoms with Gasteiger partial charge in [0.1, 0.15) is 11.5 Å². The first-order valence-corrected chi connectivity index (χ1v) is 10.2. The Morgan fingerprint density at radius 1 is 1.26 bits per heavy atom. The van der Waals surface area contributed by atoms with Crippen molar-refractivity contribution in [1.29, 1.82) is 0 Å². The minimum absolute atomic E-state index is 0.160. The molecule has 7 nitrogen and oxygen atoms in total. The first-order chi connectivity index (χ1) is 14.8. The predicted octanol–water partition coefficient (Wildman–Crippen LogP) is 2.92. The number of benzene rings is 1. The molecule has 2 N–H and O–H groups in total.